The fourth-order valence-electron chi connectivity index (χ4n) is 1.96. The molecule has 0 saturated heterocycles. The van der Waals surface area contributed by atoms with Crippen LogP contribution in [0.4, 0.5) is 8.78 Å². The molecule has 0 amide bonds. The van der Waals surface area contributed by atoms with Crippen LogP contribution in [-0.2, 0) is 6.42 Å². The normalized spacial score (nSPS) is 11.6. The number of halogens is 2. The molecule has 114 valence electrons. The highest BCUT2D eigenvalue weighted by Crippen LogP contribution is 2.11. The molecule has 0 N–H and O–H groups in total. The fourth-order valence-corrected chi connectivity index (χ4v) is 1.96. The minimum absolute atomic E-state index is 0.297. The molecule has 2 aromatic carbocycles. The Labute approximate surface area is 129 Å². The van der Waals surface area contributed by atoms with Gasteiger partial charge in [-0.05, 0) is 42.2 Å². The minimum atomic E-state index is -0.300. The Bertz CT molecular complexity index is 661. The van der Waals surface area contributed by atoms with Crippen LogP contribution in [0.3, 0.4) is 0 Å². The largest absolute Gasteiger partial charge is 0.207 e. The maximum absolute atomic E-state index is 13.9. The highest BCUT2D eigenvalue weighted by molar-refractivity contribution is 5.82. The van der Waals surface area contributed by atoms with Gasteiger partial charge in [-0.3, -0.25) is 0 Å². The van der Waals surface area contributed by atoms with Crippen molar-refractivity contribution in [1.82, 2.24) is 0 Å². The van der Waals surface area contributed by atoms with Gasteiger partial charge in [0.05, 0.1) is 12.4 Å². The van der Waals surface area contributed by atoms with Gasteiger partial charge in [-0.25, -0.2) is 8.78 Å². The number of hydrogen-bond acceptors (Lipinski definition) is 2. The van der Waals surface area contributed by atoms with E-state index in [-0.39, 0.29) is 11.6 Å². The first-order valence-electron chi connectivity index (χ1n) is 7.29. The van der Waals surface area contributed by atoms with Crippen molar-refractivity contribution in [3.8, 4) is 0 Å². The van der Waals surface area contributed by atoms with Crippen LogP contribution in [0.15, 0.2) is 52.7 Å². The van der Waals surface area contributed by atoms with E-state index in [0.717, 1.165) is 30.4 Å². The predicted molar refractivity (Wildman–Crippen MR) is 86.6 cm³/mol. The molecule has 0 bridgehead atoms. The zero-order chi connectivity index (χ0) is 15.8. The van der Waals surface area contributed by atoms with Crippen molar-refractivity contribution in [2.24, 2.45) is 10.2 Å². The molecule has 0 aromatic heterocycles. The summed E-state index contributed by atoms with van der Waals surface area (Å²) in [6.07, 6.45) is 5.88. The summed E-state index contributed by atoms with van der Waals surface area (Å²) in [6, 6.07) is 11.0. The van der Waals surface area contributed by atoms with Crippen molar-refractivity contribution in [3.63, 3.8) is 0 Å². The Morgan fingerprint density at radius 2 is 1.68 bits per heavy atom. The number of aryl methyl sites for hydroxylation is 1. The Balaban J connectivity index is 1.99. The molecule has 2 rings (SSSR count). The molecule has 4 heteroatoms. The Morgan fingerprint density at radius 1 is 0.955 bits per heavy atom. The quantitative estimate of drug-likeness (QED) is 0.543. The smallest absolute Gasteiger partial charge is 0.132 e. The number of unbranched alkanes of at least 4 members (excludes halogenated alkanes) is 1. The van der Waals surface area contributed by atoms with Crippen LogP contribution in [-0.4, -0.2) is 12.4 Å². The summed E-state index contributed by atoms with van der Waals surface area (Å²) in [6.45, 7) is 2.11. The Hall–Kier alpha value is -2.36. The molecule has 0 saturated carbocycles. The summed E-state index contributed by atoms with van der Waals surface area (Å²) >= 11 is 0. The third kappa shape index (κ3) is 4.88. The summed E-state index contributed by atoms with van der Waals surface area (Å²) in [5.74, 6) is -0.597. The molecule has 0 heterocycles. The molecule has 0 aliphatic rings. The SMILES string of the molecule is CCCCc1ccc(/C=N/N=C/c2ccc(F)cc2)c(F)c1. The van der Waals surface area contributed by atoms with E-state index in [2.05, 4.69) is 17.1 Å². The van der Waals surface area contributed by atoms with E-state index in [0.29, 0.717) is 5.56 Å². The number of rotatable bonds is 6. The number of nitrogens with zero attached hydrogens (tertiary/aromatic N) is 2. The molecule has 0 atom stereocenters. The summed E-state index contributed by atoms with van der Waals surface area (Å²) in [4.78, 5) is 0. The van der Waals surface area contributed by atoms with E-state index in [9.17, 15) is 8.78 Å². The third-order valence-electron chi connectivity index (χ3n) is 3.22. The third-order valence-corrected chi connectivity index (χ3v) is 3.22. The minimum Gasteiger partial charge on any atom is -0.207 e. The van der Waals surface area contributed by atoms with Gasteiger partial charge < -0.3 is 0 Å². The highest BCUT2D eigenvalue weighted by Gasteiger charge is 2.01. The molecule has 0 fully saturated rings. The second-order valence-electron chi connectivity index (χ2n) is 5.00. The zero-order valence-electron chi connectivity index (χ0n) is 12.5. The number of benzene rings is 2. The van der Waals surface area contributed by atoms with Crippen LogP contribution >= 0.6 is 0 Å². The van der Waals surface area contributed by atoms with Crippen molar-refractivity contribution in [2.45, 2.75) is 26.2 Å². The van der Waals surface area contributed by atoms with E-state index in [1.165, 1.54) is 24.6 Å². The molecular weight excluding hydrogens is 282 g/mol. The molecular formula is C18H18F2N2. The molecule has 0 aliphatic heterocycles. The maximum atomic E-state index is 13.9. The van der Waals surface area contributed by atoms with Crippen LogP contribution in [0.1, 0.15) is 36.5 Å². The standard InChI is InChI=1S/C18H18F2N2/c1-2-3-4-14-5-8-16(18(20)11-14)13-22-21-12-15-6-9-17(19)10-7-15/h5-13H,2-4H2,1H3/b21-12+,22-13+. The van der Waals surface area contributed by atoms with Gasteiger partial charge in [-0.1, -0.05) is 37.6 Å². The lowest BCUT2D eigenvalue weighted by Gasteiger charge is -2.01. The van der Waals surface area contributed by atoms with Crippen LogP contribution in [0.5, 0.6) is 0 Å². The van der Waals surface area contributed by atoms with Gasteiger partial charge >= 0.3 is 0 Å². The lowest BCUT2D eigenvalue weighted by Crippen LogP contribution is -1.92. The van der Waals surface area contributed by atoms with Gasteiger partial charge in [0.2, 0.25) is 0 Å². The average molecular weight is 300 g/mol. The monoisotopic (exact) mass is 300 g/mol. The van der Waals surface area contributed by atoms with Crippen LogP contribution < -0.4 is 0 Å². The van der Waals surface area contributed by atoms with Crippen molar-refractivity contribution in [1.29, 1.82) is 0 Å². The summed E-state index contributed by atoms with van der Waals surface area (Å²) in [5.41, 5.74) is 2.12. The topological polar surface area (TPSA) is 24.7 Å². The lowest BCUT2D eigenvalue weighted by atomic mass is 10.1. The molecule has 0 spiro atoms. The second-order valence-corrected chi connectivity index (χ2v) is 5.00. The van der Waals surface area contributed by atoms with Gasteiger partial charge in [0.15, 0.2) is 0 Å². The van der Waals surface area contributed by atoms with E-state index < -0.39 is 0 Å². The molecule has 22 heavy (non-hydrogen) atoms. The van der Waals surface area contributed by atoms with Gasteiger partial charge in [-0.15, -0.1) is 0 Å². The Morgan fingerprint density at radius 3 is 2.36 bits per heavy atom. The predicted octanol–water partition coefficient (Wildman–Crippen LogP) is 4.76. The first-order chi connectivity index (χ1) is 10.7. The lowest BCUT2D eigenvalue weighted by molar-refractivity contribution is 0.622. The van der Waals surface area contributed by atoms with Crippen LogP contribution in [0.25, 0.3) is 0 Å². The van der Waals surface area contributed by atoms with E-state index in [1.54, 1.807) is 24.3 Å². The highest BCUT2D eigenvalue weighted by atomic mass is 19.1. The van der Waals surface area contributed by atoms with E-state index in [4.69, 9.17) is 0 Å². The van der Waals surface area contributed by atoms with Crippen LogP contribution in [0, 0.1) is 11.6 Å². The summed E-state index contributed by atoms with van der Waals surface area (Å²) in [5, 5.41) is 7.66. The Kier molecular flexibility index (Phi) is 5.95. The first-order valence-corrected chi connectivity index (χ1v) is 7.29. The maximum Gasteiger partial charge on any atom is 0.132 e. The zero-order valence-corrected chi connectivity index (χ0v) is 12.5. The molecule has 0 radical (unpaired) electrons. The van der Waals surface area contributed by atoms with Crippen molar-refractivity contribution in [3.05, 3.63) is 70.8 Å². The second kappa shape index (κ2) is 8.17. The van der Waals surface area contributed by atoms with Crippen molar-refractivity contribution >= 4 is 12.4 Å². The average Bonchev–Trinajstić information content (AvgIpc) is 2.52. The molecule has 2 nitrogen and oxygen atoms in total. The van der Waals surface area contributed by atoms with Gasteiger partial charge in [-0.2, -0.15) is 10.2 Å². The van der Waals surface area contributed by atoms with Gasteiger partial charge in [0, 0.05) is 5.56 Å². The summed E-state index contributed by atoms with van der Waals surface area (Å²) in [7, 11) is 0. The van der Waals surface area contributed by atoms with E-state index in [1.807, 2.05) is 6.07 Å². The van der Waals surface area contributed by atoms with Gasteiger partial charge in [0.25, 0.3) is 0 Å². The molecule has 2 aromatic rings. The van der Waals surface area contributed by atoms with Crippen molar-refractivity contribution in [2.75, 3.05) is 0 Å². The van der Waals surface area contributed by atoms with Crippen molar-refractivity contribution < 1.29 is 8.78 Å². The number of hydrogen-bond donors (Lipinski definition) is 0. The molecule has 0 unspecified atom stereocenters. The van der Waals surface area contributed by atoms with E-state index >= 15 is 0 Å². The summed E-state index contributed by atoms with van der Waals surface area (Å²) < 4.78 is 26.6. The molecule has 0 aliphatic carbocycles. The first kappa shape index (κ1) is 16.0. The van der Waals surface area contributed by atoms with Gasteiger partial charge in [0.1, 0.15) is 11.6 Å². The van der Waals surface area contributed by atoms with Crippen LogP contribution in [0.2, 0.25) is 0 Å². The fraction of sp³-hybridized carbons (Fsp3) is 0.222.